The van der Waals surface area contributed by atoms with Gasteiger partial charge in [0.1, 0.15) is 12.4 Å². The monoisotopic (exact) mass is 380 g/mol. The Bertz CT molecular complexity index is 635. The van der Waals surface area contributed by atoms with Crippen molar-refractivity contribution in [3.05, 3.63) is 63.1 Å². The van der Waals surface area contributed by atoms with E-state index >= 15 is 0 Å². The number of halogens is 5. The Balaban J connectivity index is 2.25. The van der Waals surface area contributed by atoms with E-state index in [0.717, 1.165) is 11.6 Å². The SMILES string of the molecule is Fc1cccc(COc2c(Cl)cc(Cl)cc2CBr)c1F. The van der Waals surface area contributed by atoms with Gasteiger partial charge in [-0.1, -0.05) is 51.3 Å². The van der Waals surface area contributed by atoms with Crippen LogP contribution in [0.5, 0.6) is 5.75 Å². The molecule has 6 heteroatoms. The lowest BCUT2D eigenvalue weighted by atomic mass is 10.2. The van der Waals surface area contributed by atoms with Gasteiger partial charge in [-0.2, -0.15) is 0 Å². The molecule has 1 nitrogen and oxygen atoms in total. The number of ether oxygens (including phenoxy) is 1. The Morgan fingerprint density at radius 1 is 1.10 bits per heavy atom. The van der Waals surface area contributed by atoms with Gasteiger partial charge in [-0.15, -0.1) is 0 Å². The Kier molecular flexibility index (Phi) is 5.24. The average molecular weight is 382 g/mol. The maximum Gasteiger partial charge on any atom is 0.165 e. The standard InChI is InChI=1S/C14H9BrCl2F2O/c15-6-9-4-10(16)5-11(17)14(9)20-7-8-2-1-3-12(18)13(8)19/h1-5H,6-7H2. The van der Waals surface area contributed by atoms with Crippen LogP contribution in [0, 0.1) is 11.6 Å². The highest BCUT2D eigenvalue weighted by Crippen LogP contribution is 2.34. The van der Waals surface area contributed by atoms with Crippen LogP contribution in [0.2, 0.25) is 10.0 Å². The number of hydrogen-bond acceptors (Lipinski definition) is 1. The Labute approximate surface area is 133 Å². The molecule has 2 rings (SSSR count). The largest absolute Gasteiger partial charge is 0.487 e. The molecular weight excluding hydrogens is 373 g/mol. The van der Waals surface area contributed by atoms with Gasteiger partial charge in [0.25, 0.3) is 0 Å². The van der Waals surface area contributed by atoms with Crippen LogP contribution in [-0.2, 0) is 11.9 Å². The zero-order valence-electron chi connectivity index (χ0n) is 10.1. The highest BCUT2D eigenvalue weighted by Gasteiger charge is 2.13. The Morgan fingerprint density at radius 2 is 1.85 bits per heavy atom. The molecule has 0 N–H and O–H groups in total. The summed E-state index contributed by atoms with van der Waals surface area (Å²) in [5, 5.41) is 1.28. The second kappa shape index (κ2) is 6.74. The molecule has 106 valence electrons. The molecule has 2 aromatic carbocycles. The summed E-state index contributed by atoms with van der Waals surface area (Å²) >= 11 is 15.2. The fraction of sp³-hybridized carbons (Fsp3) is 0.143. The summed E-state index contributed by atoms with van der Waals surface area (Å²) in [6.45, 7) is -0.120. The third-order valence-corrected chi connectivity index (χ3v) is 3.74. The smallest absolute Gasteiger partial charge is 0.165 e. The molecule has 2 aromatic rings. The van der Waals surface area contributed by atoms with Gasteiger partial charge >= 0.3 is 0 Å². The molecule has 0 aliphatic carbocycles. The summed E-state index contributed by atoms with van der Waals surface area (Å²) in [6.07, 6.45) is 0. The fourth-order valence-electron chi connectivity index (χ4n) is 1.68. The van der Waals surface area contributed by atoms with Gasteiger partial charge in [0, 0.05) is 21.5 Å². The molecule has 0 aliphatic heterocycles. The van der Waals surface area contributed by atoms with E-state index in [1.54, 1.807) is 6.07 Å². The van der Waals surface area contributed by atoms with Gasteiger partial charge in [-0.3, -0.25) is 0 Å². The Hall–Kier alpha value is -0.840. The molecule has 0 amide bonds. The molecular formula is C14H9BrCl2F2O. The fourth-order valence-corrected chi connectivity index (χ4v) is 2.69. The van der Waals surface area contributed by atoms with E-state index in [2.05, 4.69) is 15.9 Å². The van der Waals surface area contributed by atoms with Crippen LogP contribution in [0.1, 0.15) is 11.1 Å². The summed E-state index contributed by atoms with van der Waals surface area (Å²) in [7, 11) is 0. The topological polar surface area (TPSA) is 9.23 Å². The van der Waals surface area contributed by atoms with Crippen molar-refractivity contribution in [1.82, 2.24) is 0 Å². The number of alkyl halides is 1. The third-order valence-electron chi connectivity index (χ3n) is 2.63. The lowest BCUT2D eigenvalue weighted by molar-refractivity contribution is 0.295. The predicted octanol–water partition coefficient (Wildman–Crippen LogP) is 5.75. The first-order valence-electron chi connectivity index (χ1n) is 5.62. The molecule has 0 heterocycles. The highest BCUT2D eigenvalue weighted by atomic mass is 79.9. The van der Waals surface area contributed by atoms with Crippen LogP contribution in [0.15, 0.2) is 30.3 Å². The molecule has 0 radical (unpaired) electrons. The van der Waals surface area contributed by atoms with Gasteiger partial charge in [-0.05, 0) is 18.2 Å². The van der Waals surface area contributed by atoms with Gasteiger partial charge in [0.05, 0.1) is 5.02 Å². The summed E-state index contributed by atoms with van der Waals surface area (Å²) in [5.41, 5.74) is 0.857. The van der Waals surface area contributed by atoms with E-state index in [0.29, 0.717) is 21.1 Å². The van der Waals surface area contributed by atoms with Crippen LogP contribution in [0.25, 0.3) is 0 Å². The van der Waals surface area contributed by atoms with Crippen molar-refractivity contribution in [3.63, 3.8) is 0 Å². The quantitative estimate of drug-likeness (QED) is 0.613. The minimum Gasteiger partial charge on any atom is -0.487 e. The van der Waals surface area contributed by atoms with Crippen LogP contribution in [0.3, 0.4) is 0 Å². The zero-order valence-corrected chi connectivity index (χ0v) is 13.2. The maximum absolute atomic E-state index is 13.5. The van der Waals surface area contributed by atoms with Crippen LogP contribution in [0.4, 0.5) is 8.78 Å². The lowest BCUT2D eigenvalue weighted by Gasteiger charge is -2.13. The molecule has 0 saturated heterocycles. The first-order chi connectivity index (χ1) is 9.52. The predicted molar refractivity (Wildman–Crippen MR) is 79.8 cm³/mol. The molecule has 0 saturated carbocycles. The van der Waals surface area contributed by atoms with Crippen molar-refractivity contribution in [3.8, 4) is 5.75 Å². The van der Waals surface area contributed by atoms with Crippen molar-refractivity contribution < 1.29 is 13.5 Å². The first-order valence-corrected chi connectivity index (χ1v) is 7.50. The number of rotatable bonds is 4. The van der Waals surface area contributed by atoms with Crippen molar-refractivity contribution >= 4 is 39.1 Å². The molecule has 0 unspecified atom stereocenters. The highest BCUT2D eigenvalue weighted by molar-refractivity contribution is 9.08. The normalized spacial score (nSPS) is 10.7. The number of benzene rings is 2. The molecule has 0 spiro atoms. The van der Waals surface area contributed by atoms with Gasteiger partial charge in [-0.25, -0.2) is 8.78 Å². The zero-order chi connectivity index (χ0) is 14.7. The van der Waals surface area contributed by atoms with Crippen molar-refractivity contribution in [1.29, 1.82) is 0 Å². The van der Waals surface area contributed by atoms with Crippen molar-refractivity contribution in [2.75, 3.05) is 0 Å². The van der Waals surface area contributed by atoms with E-state index in [4.69, 9.17) is 27.9 Å². The minimum atomic E-state index is -0.919. The van der Waals surface area contributed by atoms with Gasteiger partial charge < -0.3 is 4.74 Å². The molecule has 20 heavy (non-hydrogen) atoms. The molecule has 0 aliphatic rings. The van der Waals surface area contributed by atoms with Crippen molar-refractivity contribution in [2.45, 2.75) is 11.9 Å². The Morgan fingerprint density at radius 3 is 2.55 bits per heavy atom. The molecule has 0 bridgehead atoms. The van der Waals surface area contributed by atoms with E-state index in [1.165, 1.54) is 18.2 Å². The number of hydrogen-bond donors (Lipinski definition) is 0. The third kappa shape index (κ3) is 3.43. The van der Waals surface area contributed by atoms with Crippen LogP contribution < -0.4 is 4.74 Å². The molecule has 0 atom stereocenters. The first kappa shape index (κ1) is 15.5. The van der Waals surface area contributed by atoms with E-state index in [9.17, 15) is 8.78 Å². The average Bonchev–Trinajstić information content (AvgIpc) is 2.41. The van der Waals surface area contributed by atoms with Gasteiger partial charge in [0.2, 0.25) is 0 Å². The van der Waals surface area contributed by atoms with Crippen LogP contribution in [-0.4, -0.2) is 0 Å². The van der Waals surface area contributed by atoms with Gasteiger partial charge in [0.15, 0.2) is 11.6 Å². The second-order valence-electron chi connectivity index (χ2n) is 4.01. The summed E-state index contributed by atoms with van der Waals surface area (Å²) < 4.78 is 32.1. The van der Waals surface area contributed by atoms with E-state index in [1.807, 2.05) is 0 Å². The van der Waals surface area contributed by atoms with Crippen LogP contribution >= 0.6 is 39.1 Å². The molecule has 0 fully saturated rings. The summed E-state index contributed by atoms with van der Waals surface area (Å²) in [5.74, 6) is -1.43. The molecule has 0 aromatic heterocycles. The second-order valence-corrected chi connectivity index (χ2v) is 5.42. The van der Waals surface area contributed by atoms with E-state index in [-0.39, 0.29) is 12.2 Å². The maximum atomic E-state index is 13.5. The summed E-state index contributed by atoms with van der Waals surface area (Å²) in [4.78, 5) is 0. The van der Waals surface area contributed by atoms with E-state index < -0.39 is 11.6 Å². The summed E-state index contributed by atoms with van der Waals surface area (Å²) in [6, 6.07) is 7.16. The lowest BCUT2D eigenvalue weighted by Crippen LogP contribution is -2.02. The van der Waals surface area contributed by atoms with Crippen molar-refractivity contribution in [2.24, 2.45) is 0 Å². The minimum absolute atomic E-state index is 0.120.